The molecule has 90 valence electrons. The van der Waals surface area contributed by atoms with Crippen molar-refractivity contribution < 1.29 is 4.79 Å². The minimum Gasteiger partial charge on any atom is -0.294 e. The Bertz CT molecular complexity index is 390. The second-order valence-corrected chi connectivity index (χ2v) is 7.42. The summed E-state index contributed by atoms with van der Waals surface area (Å²) in [7, 11) is 0. The zero-order valence-corrected chi connectivity index (χ0v) is 12.3. The van der Waals surface area contributed by atoms with Crippen molar-refractivity contribution in [3.8, 4) is 0 Å². The number of hydrogen-bond acceptors (Lipinski definition) is 2. The lowest BCUT2D eigenvalue weighted by Gasteiger charge is -2.26. The van der Waals surface area contributed by atoms with E-state index in [0.29, 0.717) is 26.6 Å². The summed E-state index contributed by atoms with van der Waals surface area (Å²) < 4.78 is 1.06. The van der Waals surface area contributed by atoms with E-state index >= 15 is 0 Å². The molecular formula is C12H16Cl2OS. The molecule has 0 N–H and O–H groups in total. The van der Waals surface area contributed by atoms with Gasteiger partial charge in [0.2, 0.25) is 0 Å². The maximum Gasteiger partial charge on any atom is 0.165 e. The van der Waals surface area contributed by atoms with Crippen LogP contribution in [0.1, 0.15) is 44.5 Å². The van der Waals surface area contributed by atoms with Crippen molar-refractivity contribution in [2.45, 2.75) is 34.1 Å². The van der Waals surface area contributed by atoms with Crippen LogP contribution >= 0.6 is 34.5 Å². The van der Waals surface area contributed by atoms with Gasteiger partial charge in [0, 0.05) is 12.0 Å². The van der Waals surface area contributed by atoms with Crippen molar-refractivity contribution in [1.82, 2.24) is 0 Å². The lowest BCUT2D eigenvalue weighted by Crippen LogP contribution is -2.20. The normalized spacial score (nSPS) is 13.9. The first kappa shape index (κ1) is 14.0. The summed E-state index contributed by atoms with van der Waals surface area (Å²) in [5.41, 5.74) is 0.690. The van der Waals surface area contributed by atoms with Crippen molar-refractivity contribution in [1.29, 1.82) is 0 Å². The van der Waals surface area contributed by atoms with E-state index in [1.165, 1.54) is 11.3 Å². The van der Waals surface area contributed by atoms with Crippen LogP contribution in [0.25, 0.3) is 0 Å². The van der Waals surface area contributed by atoms with Gasteiger partial charge >= 0.3 is 0 Å². The maximum atomic E-state index is 12.0. The first-order valence-electron chi connectivity index (χ1n) is 5.20. The van der Waals surface area contributed by atoms with E-state index in [2.05, 4.69) is 27.7 Å². The molecular weight excluding hydrogens is 263 g/mol. The standard InChI is InChI=1S/C12H16Cl2OS/c1-7(12(2,3)4)5-9(15)8-6-10(13)16-11(8)14/h6-7H,5H2,1-4H3. The van der Waals surface area contributed by atoms with Gasteiger partial charge in [-0.15, -0.1) is 11.3 Å². The Morgan fingerprint density at radius 2 is 2.00 bits per heavy atom. The van der Waals surface area contributed by atoms with Crippen LogP contribution in [0.15, 0.2) is 6.07 Å². The van der Waals surface area contributed by atoms with Crippen molar-refractivity contribution in [3.05, 3.63) is 20.3 Å². The highest BCUT2D eigenvalue weighted by atomic mass is 35.5. The molecule has 0 saturated heterocycles. The van der Waals surface area contributed by atoms with Crippen LogP contribution in [0.4, 0.5) is 0 Å². The average Bonchev–Trinajstić information content (AvgIpc) is 2.43. The van der Waals surface area contributed by atoms with Crippen molar-refractivity contribution in [2.75, 3.05) is 0 Å². The lowest BCUT2D eigenvalue weighted by atomic mass is 9.79. The molecule has 1 atom stereocenters. The molecule has 0 saturated carbocycles. The number of Topliss-reactive ketones (excluding diaryl/α,β-unsaturated/α-hetero) is 1. The number of halogens is 2. The van der Waals surface area contributed by atoms with Crippen LogP contribution in [0.5, 0.6) is 0 Å². The fraction of sp³-hybridized carbons (Fsp3) is 0.583. The van der Waals surface area contributed by atoms with Gasteiger partial charge < -0.3 is 0 Å². The number of ketones is 1. The van der Waals surface area contributed by atoms with Crippen LogP contribution in [0, 0.1) is 11.3 Å². The molecule has 4 heteroatoms. The molecule has 0 radical (unpaired) electrons. The van der Waals surface area contributed by atoms with Crippen LogP contribution in [0.2, 0.25) is 8.67 Å². The molecule has 0 aliphatic carbocycles. The maximum absolute atomic E-state index is 12.0. The van der Waals surface area contributed by atoms with Gasteiger partial charge in [-0.25, -0.2) is 0 Å². The molecule has 0 spiro atoms. The molecule has 1 aromatic rings. The van der Waals surface area contributed by atoms with Crippen molar-refractivity contribution in [3.63, 3.8) is 0 Å². The van der Waals surface area contributed by atoms with Gasteiger partial charge in [0.25, 0.3) is 0 Å². The number of hydrogen-bond donors (Lipinski definition) is 0. The van der Waals surface area contributed by atoms with Gasteiger partial charge in [0.15, 0.2) is 5.78 Å². The molecule has 0 amide bonds. The Morgan fingerprint density at radius 1 is 1.44 bits per heavy atom. The first-order valence-corrected chi connectivity index (χ1v) is 6.77. The smallest absolute Gasteiger partial charge is 0.165 e. The van der Waals surface area contributed by atoms with E-state index < -0.39 is 0 Å². The Labute approximate surface area is 111 Å². The third kappa shape index (κ3) is 3.47. The molecule has 16 heavy (non-hydrogen) atoms. The van der Waals surface area contributed by atoms with Gasteiger partial charge in [-0.05, 0) is 17.4 Å². The monoisotopic (exact) mass is 278 g/mol. The topological polar surface area (TPSA) is 17.1 Å². The molecule has 1 aromatic heterocycles. The molecule has 1 unspecified atom stereocenters. The predicted octanol–water partition coefficient (Wildman–Crippen LogP) is 5.31. The fourth-order valence-corrected chi connectivity index (χ4v) is 2.72. The summed E-state index contributed by atoms with van der Waals surface area (Å²) in [5, 5.41) is 0. The Hall–Kier alpha value is -0.0500. The van der Waals surface area contributed by atoms with E-state index in [1.807, 2.05) is 0 Å². The van der Waals surface area contributed by atoms with Gasteiger partial charge in [0.1, 0.15) is 4.34 Å². The molecule has 0 bridgehead atoms. The molecule has 1 heterocycles. The van der Waals surface area contributed by atoms with Crippen LogP contribution in [0.3, 0.4) is 0 Å². The summed E-state index contributed by atoms with van der Waals surface area (Å²) in [6.07, 6.45) is 0.510. The van der Waals surface area contributed by atoms with Crippen LogP contribution in [-0.2, 0) is 0 Å². The van der Waals surface area contributed by atoms with Gasteiger partial charge in [-0.1, -0.05) is 50.9 Å². The predicted molar refractivity (Wildman–Crippen MR) is 71.9 cm³/mol. The molecule has 1 nitrogen and oxygen atoms in total. The Kier molecular flexibility index (Phi) is 4.44. The molecule has 0 aromatic carbocycles. The summed E-state index contributed by atoms with van der Waals surface area (Å²) in [6, 6.07) is 1.66. The van der Waals surface area contributed by atoms with E-state index in [-0.39, 0.29) is 11.2 Å². The van der Waals surface area contributed by atoms with Crippen LogP contribution < -0.4 is 0 Å². The lowest BCUT2D eigenvalue weighted by molar-refractivity contribution is 0.0928. The second kappa shape index (κ2) is 5.07. The fourth-order valence-electron chi connectivity index (χ4n) is 1.22. The second-order valence-electron chi connectivity index (χ2n) is 5.13. The number of thiophene rings is 1. The van der Waals surface area contributed by atoms with Crippen LogP contribution in [-0.4, -0.2) is 5.78 Å². The van der Waals surface area contributed by atoms with Crippen molar-refractivity contribution >= 4 is 40.3 Å². The van der Waals surface area contributed by atoms with Gasteiger partial charge in [0.05, 0.1) is 4.34 Å². The van der Waals surface area contributed by atoms with E-state index in [1.54, 1.807) is 6.07 Å². The third-order valence-electron chi connectivity index (χ3n) is 2.93. The molecule has 1 rings (SSSR count). The van der Waals surface area contributed by atoms with E-state index in [9.17, 15) is 4.79 Å². The Morgan fingerprint density at radius 3 is 2.38 bits per heavy atom. The van der Waals surface area contributed by atoms with E-state index in [4.69, 9.17) is 23.2 Å². The highest BCUT2D eigenvalue weighted by Gasteiger charge is 2.24. The third-order valence-corrected chi connectivity index (χ3v) is 4.41. The summed E-state index contributed by atoms with van der Waals surface area (Å²) in [5.74, 6) is 0.394. The zero-order chi connectivity index (χ0) is 12.5. The zero-order valence-electron chi connectivity index (χ0n) is 9.93. The SMILES string of the molecule is CC(CC(=O)c1cc(Cl)sc1Cl)C(C)(C)C. The average molecular weight is 279 g/mol. The van der Waals surface area contributed by atoms with E-state index in [0.717, 1.165) is 0 Å². The first-order chi connectivity index (χ1) is 7.21. The summed E-state index contributed by atoms with van der Waals surface area (Å²) >= 11 is 13.0. The number of rotatable bonds is 3. The minimum atomic E-state index is 0.0792. The van der Waals surface area contributed by atoms with Gasteiger partial charge in [-0.3, -0.25) is 4.79 Å². The molecule has 0 aliphatic heterocycles. The highest BCUT2D eigenvalue weighted by Crippen LogP contribution is 2.34. The molecule has 0 fully saturated rings. The number of carbonyl (C=O) groups excluding carboxylic acids is 1. The summed E-state index contributed by atoms with van der Waals surface area (Å²) in [4.78, 5) is 12.0. The highest BCUT2D eigenvalue weighted by molar-refractivity contribution is 7.20. The largest absolute Gasteiger partial charge is 0.294 e. The minimum absolute atomic E-state index is 0.0792. The Balaban J connectivity index is 2.77. The van der Waals surface area contributed by atoms with Gasteiger partial charge in [-0.2, -0.15) is 0 Å². The van der Waals surface area contributed by atoms with Crippen molar-refractivity contribution in [2.24, 2.45) is 11.3 Å². The summed E-state index contributed by atoms with van der Waals surface area (Å²) in [6.45, 7) is 8.48. The number of carbonyl (C=O) groups is 1. The quantitative estimate of drug-likeness (QED) is 0.685. The molecule has 0 aliphatic rings.